The van der Waals surface area contributed by atoms with Crippen molar-refractivity contribution in [2.24, 2.45) is 0 Å². The second-order valence-electron chi connectivity index (χ2n) is 4.95. The average Bonchev–Trinajstić information content (AvgIpc) is 3.15. The molecule has 0 aliphatic heterocycles. The van der Waals surface area contributed by atoms with Crippen LogP contribution in [0.2, 0.25) is 0 Å². The van der Waals surface area contributed by atoms with Gasteiger partial charge in [0, 0.05) is 32.5 Å². The molecule has 1 aromatic carbocycles. The molecule has 0 radical (unpaired) electrons. The maximum atomic E-state index is 5.21. The first-order chi connectivity index (χ1) is 10.4. The van der Waals surface area contributed by atoms with E-state index in [0.717, 1.165) is 25.5 Å². The van der Waals surface area contributed by atoms with Crippen LogP contribution in [-0.4, -0.2) is 30.0 Å². The summed E-state index contributed by atoms with van der Waals surface area (Å²) in [7, 11) is 1.71. The molecular weight excluding hydrogens is 266 g/mol. The Morgan fingerprint density at radius 1 is 1.29 bits per heavy atom. The van der Waals surface area contributed by atoms with Gasteiger partial charge in [0.1, 0.15) is 0 Å². The topological polar surface area (TPSA) is 52.2 Å². The number of para-hydroxylation sites is 1. The van der Waals surface area contributed by atoms with Gasteiger partial charge in [0.15, 0.2) is 5.76 Å². The summed E-state index contributed by atoms with van der Waals surface area (Å²) in [5.74, 6) is 0.856. The van der Waals surface area contributed by atoms with E-state index >= 15 is 0 Å². The van der Waals surface area contributed by atoms with E-state index in [-0.39, 0.29) is 0 Å². The maximum absolute atomic E-state index is 5.21. The molecule has 0 unspecified atom stereocenters. The van der Waals surface area contributed by atoms with Crippen LogP contribution in [0.25, 0.3) is 10.9 Å². The highest BCUT2D eigenvalue weighted by Crippen LogP contribution is 2.21. The number of aromatic nitrogens is 2. The van der Waals surface area contributed by atoms with Crippen molar-refractivity contribution in [1.82, 2.24) is 15.0 Å². The number of nitrogens with one attached hydrogen (secondary N) is 1. The van der Waals surface area contributed by atoms with Gasteiger partial charge in [-0.1, -0.05) is 23.4 Å². The number of methoxy groups -OCH3 is 1. The third-order valence-corrected chi connectivity index (χ3v) is 3.49. The van der Waals surface area contributed by atoms with Gasteiger partial charge in [-0.15, -0.1) is 0 Å². The standard InChI is InChI=1S/C16H19N3O2/c1-20-10-8-17-11-14-4-2-3-13-6-9-19(16(13)14)12-15-5-7-18-21-15/h2-7,9,17H,8,10-12H2,1H3. The molecule has 21 heavy (non-hydrogen) atoms. The molecule has 0 atom stereocenters. The summed E-state index contributed by atoms with van der Waals surface area (Å²) in [5.41, 5.74) is 2.51. The van der Waals surface area contributed by atoms with Gasteiger partial charge in [-0.2, -0.15) is 0 Å². The molecule has 0 amide bonds. The molecule has 0 saturated heterocycles. The van der Waals surface area contributed by atoms with Gasteiger partial charge in [0.05, 0.1) is 24.9 Å². The van der Waals surface area contributed by atoms with Crippen LogP contribution in [0.3, 0.4) is 0 Å². The van der Waals surface area contributed by atoms with Crippen molar-refractivity contribution in [3.05, 3.63) is 54.0 Å². The number of hydrogen-bond donors (Lipinski definition) is 1. The lowest BCUT2D eigenvalue weighted by Gasteiger charge is -2.10. The highest BCUT2D eigenvalue weighted by atomic mass is 16.5. The van der Waals surface area contributed by atoms with Gasteiger partial charge in [0.2, 0.25) is 0 Å². The van der Waals surface area contributed by atoms with Crippen LogP contribution < -0.4 is 5.32 Å². The molecule has 110 valence electrons. The van der Waals surface area contributed by atoms with E-state index in [9.17, 15) is 0 Å². The van der Waals surface area contributed by atoms with E-state index in [1.165, 1.54) is 16.5 Å². The highest BCUT2D eigenvalue weighted by Gasteiger charge is 2.08. The summed E-state index contributed by atoms with van der Waals surface area (Å²) in [6.45, 7) is 3.07. The van der Waals surface area contributed by atoms with Crippen molar-refractivity contribution in [2.75, 3.05) is 20.3 Å². The van der Waals surface area contributed by atoms with E-state index < -0.39 is 0 Å². The van der Waals surface area contributed by atoms with E-state index in [1.54, 1.807) is 13.3 Å². The first-order valence-corrected chi connectivity index (χ1v) is 7.04. The number of fused-ring (bicyclic) bond motifs is 1. The molecule has 3 aromatic rings. The Kier molecular flexibility index (Phi) is 4.33. The number of benzene rings is 1. The third-order valence-electron chi connectivity index (χ3n) is 3.49. The molecule has 5 heteroatoms. The molecule has 3 rings (SSSR count). The summed E-state index contributed by atoms with van der Waals surface area (Å²) < 4.78 is 12.5. The lowest BCUT2D eigenvalue weighted by atomic mass is 10.1. The predicted molar refractivity (Wildman–Crippen MR) is 81.1 cm³/mol. The van der Waals surface area contributed by atoms with Crippen molar-refractivity contribution in [1.29, 1.82) is 0 Å². The monoisotopic (exact) mass is 285 g/mol. The lowest BCUT2D eigenvalue weighted by molar-refractivity contribution is 0.199. The first kappa shape index (κ1) is 13.9. The molecule has 0 aliphatic rings. The Morgan fingerprint density at radius 3 is 3.05 bits per heavy atom. The molecule has 0 aliphatic carbocycles. The van der Waals surface area contributed by atoms with Crippen LogP contribution in [0.4, 0.5) is 0 Å². The fourth-order valence-corrected chi connectivity index (χ4v) is 2.50. The first-order valence-electron chi connectivity index (χ1n) is 7.04. The molecule has 2 heterocycles. The summed E-state index contributed by atoms with van der Waals surface area (Å²) in [4.78, 5) is 0. The van der Waals surface area contributed by atoms with E-state index in [1.807, 2.05) is 6.07 Å². The van der Waals surface area contributed by atoms with Crippen molar-refractivity contribution in [3.63, 3.8) is 0 Å². The Bertz CT molecular complexity index is 689. The second kappa shape index (κ2) is 6.56. The van der Waals surface area contributed by atoms with Crippen LogP contribution in [0, 0.1) is 0 Å². The van der Waals surface area contributed by atoms with Gasteiger partial charge in [-0.3, -0.25) is 0 Å². The zero-order valence-corrected chi connectivity index (χ0v) is 12.1. The number of hydrogen-bond acceptors (Lipinski definition) is 4. The second-order valence-corrected chi connectivity index (χ2v) is 4.95. The molecule has 0 saturated carbocycles. The zero-order chi connectivity index (χ0) is 14.5. The largest absolute Gasteiger partial charge is 0.383 e. The SMILES string of the molecule is COCCNCc1cccc2ccn(Cc3ccno3)c12. The minimum atomic E-state index is 0.693. The fourth-order valence-electron chi connectivity index (χ4n) is 2.50. The van der Waals surface area contributed by atoms with Gasteiger partial charge in [-0.25, -0.2) is 0 Å². The van der Waals surface area contributed by atoms with Crippen molar-refractivity contribution >= 4 is 10.9 Å². The fraction of sp³-hybridized carbons (Fsp3) is 0.312. The lowest BCUT2D eigenvalue weighted by Crippen LogP contribution is -2.19. The quantitative estimate of drug-likeness (QED) is 0.677. The Labute approximate surface area is 123 Å². The maximum Gasteiger partial charge on any atom is 0.156 e. The minimum absolute atomic E-state index is 0.693. The van der Waals surface area contributed by atoms with Gasteiger partial charge in [0.25, 0.3) is 0 Å². The number of nitrogens with zero attached hydrogens (tertiary/aromatic N) is 2. The Hall–Kier alpha value is -2.11. The molecule has 5 nitrogen and oxygen atoms in total. The third kappa shape index (κ3) is 3.15. The number of rotatable bonds is 7. The molecule has 0 bridgehead atoms. The van der Waals surface area contributed by atoms with Crippen LogP contribution >= 0.6 is 0 Å². The Morgan fingerprint density at radius 2 is 2.24 bits per heavy atom. The highest BCUT2D eigenvalue weighted by molar-refractivity contribution is 5.83. The van der Waals surface area contributed by atoms with Gasteiger partial charge in [-0.05, 0) is 17.0 Å². The van der Waals surface area contributed by atoms with Crippen molar-refractivity contribution < 1.29 is 9.26 Å². The number of ether oxygens (including phenoxy) is 1. The smallest absolute Gasteiger partial charge is 0.156 e. The van der Waals surface area contributed by atoms with Crippen LogP contribution in [0.1, 0.15) is 11.3 Å². The molecule has 2 aromatic heterocycles. The van der Waals surface area contributed by atoms with Crippen molar-refractivity contribution in [3.8, 4) is 0 Å². The van der Waals surface area contributed by atoms with Gasteiger partial charge >= 0.3 is 0 Å². The molecule has 0 fully saturated rings. The van der Waals surface area contributed by atoms with Crippen molar-refractivity contribution in [2.45, 2.75) is 13.1 Å². The molecular formula is C16H19N3O2. The van der Waals surface area contributed by atoms with Crippen LogP contribution in [0.15, 0.2) is 47.2 Å². The van der Waals surface area contributed by atoms with Crippen LogP contribution in [-0.2, 0) is 17.8 Å². The predicted octanol–water partition coefficient (Wildman–Crippen LogP) is 2.41. The summed E-state index contributed by atoms with van der Waals surface area (Å²) in [6, 6.07) is 10.4. The Balaban J connectivity index is 1.84. The van der Waals surface area contributed by atoms with E-state index in [0.29, 0.717) is 6.54 Å². The summed E-state index contributed by atoms with van der Waals surface area (Å²) >= 11 is 0. The van der Waals surface area contributed by atoms with E-state index in [2.05, 4.69) is 45.5 Å². The van der Waals surface area contributed by atoms with E-state index in [4.69, 9.17) is 9.26 Å². The molecule has 0 spiro atoms. The normalized spacial score (nSPS) is 11.3. The zero-order valence-electron chi connectivity index (χ0n) is 12.1. The summed E-state index contributed by atoms with van der Waals surface area (Å²) in [6.07, 6.45) is 3.76. The van der Waals surface area contributed by atoms with Gasteiger partial charge < -0.3 is 19.1 Å². The average molecular weight is 285 g/mol. The molecule has 1 N–H and O–H groups in total. The minimum Gasteiger partial charge on any atom is -0.383 e. The summed E-state index contributed by atoms with van der Waals surface area (Å²) in [5, 5.41) is 8.39. The van der Waals surface area contributed by atoms with Crippen LogP contribution in [0.5, 0.6) is 0 Å².